The van der Waals surface area contributed by atoms with E-state index in [0.717, 1.165) is 12.8 Å². The molecule has 0 aliphatic heterocycles. The number of primary amides is 1. The first-order chi connectivity index (χ1) is 4.13. The average molecular weight is 167 g/mol. The van der Waals surface area contributed by atoms with E-state index in [9.17, 15) is 4.79 Å². The molecule has 62 valence electrons. The van der Waals surface area contributed by atoms with Gasteiger partial charge in [-0.15, -0.1) is 12.4 Å². The standard InChI is InChI=1S/C6H14N2O.ClH/c1-5(7)3-2-4-6(8)9;/h5H,2-4,7H2,1H3,(H2,8,9);1H/t5-;/m0./s1. The van der Waals surface area contributed by atoms with Crippen molar-refractivity contribution in [2.75, 3.05) is 0 Å². The third-order valence-corrected chi connectivity index (χ3v) is 1.08. The van der Waals surface area contributed by atoms with Crippen LogP contribution in [0.3, 0.4) is 0 Å². The van der Waals surface area contributed by atoms with Crippen molar-refractivity contribution in [3.8, 4) is 0 Å². The Kier molecular flexibility index (Phi) is 8.48. The fourth-order valence-corrected chi connectivity index (χ4v) is 0.598. The minimum Gasteiger partial charge on any atom is -0.370 e. The van der Waals surface area contributed by atoms with Crippen molar-refractivity contribution in [3.63, 3.8) is 0 Å². The number of rotatable bonds is 4. The molecule has 0 heterocycles. The van der Waals surface area contributed by atoms with Gasteiger partial charge in [0.05, 0.1) is 0 Å². The van der Waals surface area contributed by atoms with Crippen LogP contribution in [0, 0.1) is 0 Å². The van der Waals surface area contributed by atoms with Gasteiger partial charge in [-0.2, -0.15) is 0 Å². The summed E-state index contributed by atoms with van der Waals surface area (Å²) in [5, 5.41) is 0. The third-order valence-electron chi connectivity index (χ3n) is 1.08. The van der Waals surface area contributed by atoms with Gasteiger partial charge in [-0.05, 0) is 19.8 Å². The summed E-state index contributed by atoms with van der Waals surface area (Å²) in [6.07, 6.45) is 2.15. The zero-order chi connectivity index (χ0) is 7.28. The molecule has 0 spiro atoms. The first-order valence-corrected chi connectivity index (χ1v) is 3.17. The smallest absolute Gasteiger partial charge is 0.217 e. The monoisotopic (exact) mass is 166 g/mol. The molecule has 3 nitrogen and oxygen atoms in total. The van der Waals surface area contributed by atoms with Gasteiger partial charge >= 0.3 is 0 Å². The summed E-state index contributed by atoms with van der Waals surface area (Å²) in [7, 11) is 0. The summed E-state index contributed by atoms with van der Waals surface area (Å²) in [4.78, 5) is 10.2. The Hall–Kier alpha value is -0.280. The maximum atomic E-state index is 10.2. The van der Waals surface area contributed by atoms with Gasteiger partial charge in [0.1, 0.15) is 0 Å². The predicted molar refractivity (Wildman–Crippen MR) is 43.9 cm³/mol. The second-order valence-electron chi connectivity index (χ2n) is 2.34. The molecule has 0 aliphatic carbocycles. The van der Waals surface area contributed by atoms with Crippen LogP contribution in [-0.2, 0) is 4.79 Å². The quantitative estimate of drug-likeness (QED) is 0.635. The van der Waals surface area contributed by atoms with Crippen LogP contribution in [0.4, 0.5) is 0 Å². The number of hydrogen-bond acceptors (Lipinski definition) is 2. The van der Waals surface area contributed by atoms with Crippen molar-refractivity contribution in [1.82, 2.24) is 0 Å². The molecule has 0 bridgehead atoms. The second-order valence-corrected chi connectivity index (χ2v) is 2.34. The fourth-order valence-electron chi connectivity index (χ4n) is 0.598. The van der Waals surface area contributed by atoms with E-state index in [2.05, 4.69) is 0 Å². The van der Waals surface area contributed by atoms with Crippen LogP contribution in [-0.4, -0.2) is 11.9 Å². The molecule has 10 heavy (non-hydrogen) atoms. The second kappa shape index (κ2) is 6.83. The zero-order valence-electron chi connectivity index (χ0n) is 6.17. The Bertz CT molecular complexity index is 95.7. The van der Waals surface area contributed by atoms with Crippen LogP contribution in [0.5, 0.6) is 0 Å². The van der Waals surface area contributed by atoms with Crippen LogP contribution < -0.4 is 11.5 Å². The molecule has 0 unspecified atom stereocenters. The Morgan fingerprint density at radius 3 is 2.40 bits per heavy atom. The van der Waals surface area contributed by atoms with Crippen LogP contribution in [0.1, 0.15) is 26.2 Å². The van der Waals surface area contributed by atoms with Crippen LogP contribution in [0.2, 0.25) is 0 Å². The highest BCUT2D eigenvalue weighted by Crippen LogP contribution is 1.96. The number of nitrogens with two attached hydrogens (primary N) is 2. The normalized spacial score (nSPS) is 11.8. The molecule has 4 N–H and O–H groups in total. The number of carbonyl (C=O) groups excluding carboxylic acids is 1. The summed E-state index contributed by atoms with van der Waals surface area (Å²) < 4.78 is 0. The third kappa shape index (κ3) is 10.7. The van der Waals surface area contributed by atoms with Crippen molar-refractivity contribution < 1.29 is 4.79 Å². The van der Waals surface area contributed by atoms with E-state index in [1.807, 2.05) is 6.92 Å². The molecule has 0 fully saturated rings. The van der Waals surface area contributed by atoms with E-state index in [1.165, 1.54) is 0 Å². The summed E-state index contributed by atoms with van der Waals surface area (Å²) in [6, 6.07) is 0.185. The molecule has 0 aromatic rings. The lowest BCUT2D eigenvalue weighted by molar-refractivity contribution is -0.118. The Labute approximate surface area is 67.6 Å². The van der Waals surface area contributed by atoms with Gasteiger partial charge in [0.15, 0.2) is 0 Å². The predicted octanol–water partition coefficient (Wildman–Crippen LogP) is 0.411. The molecular formula is C6H15ClN2O. The molecule has 0 saturated heterocycles. The molecule has 0 aromatic heterocycles. The van der Waals surface area contributed by atoms with Gasteiger partial charge in [0.2, 0.25) is 5.91 Å². The number of halogens is 1. The molecule has 1 atom stereocenters. The van der Waals surface area contributed by atoms with Gasteiger partial charge in [-0.25, -0.2) is 0 Å². The van der Waals surface area contributed by atoms with Crippen LogP contribution >= 0.6 is 12.4 Å². The summed E-state index contributed by atoms with van der Waals surface area (Å²) in [6.45, 7) is 1.92. The summed E-state index contributed by atoms with van der Waals surface area (Å²) in [5.74, 6) is -0.240. The lowest BCUT2D eigenvalue weighted by atomic mass is 10.1. The lowest BCUT2D eigenvalue weighted by Crippen LogP contribution is -2.16. The molecule has 0 rings (SSSR count). The summed E-state index contributed by atoms with van der Waals surface area (Å²) >= 11 is 0. The van der Waals surface area contributed by atoms with Gasteiger partial charge < -0.3 is 11.5 Å². The van der Waals surface area contributed by atoms with Crippen molar-refractivity contribution in [2.45, 2.75) is 32.2 Å². The Balaban J connectivity index is 0. The molecule has 0 aliphatic rings. The van der Waals surface area contributed by atoms with E-state index >= 15 is 0 Å². The molecule has 0 saturated carbocycles. The fraction of sp³-hybridized carbons (Fsp3) is 0.833. The highest BCUT2D eigenvalue weighted by Gasteiger charge is 1.96. The molecule has 0 aromatic carbocycles. The first-order valence-electron chi connectivity index (χ1n) is 3.17. The minimum absolute atomic E-state index is 0. The van der Waals surface area contributed by atoms with Crippen molar-refractivity contribution >= 4 is 18.3 Å². The van der Waals surface area contributed by atoms with Gasteiger partial charge in [-0.3, -0.25) is 4.79 Å². The summed E-state index contributed by atoms with van der Waals surface area (Å²) in [5.41, 5.74) is 10.3. The number of carbonyl (C=O) groups is 1. The van der Waals surface area contributed by atoms with Gasteiger partial charge in [0.25, 0.3) is 0 Å². The molecular weight excluding hydrogens is 152 g/mol. The van der Waals surface area contributed by atoms with Crippen molar-refractivity contribution in [2.24, 2.45) is 11.5 Å². The highest BCUT2D eigenvalue weighted by atomic mass is 35.5. The van der Waals surface area contributed by atoms with E-state index < -0.39 is 0 Å². The maximum absolute atomic E-state index is 10.2. The van der Waals surface area contributed by atoms with Crippen LogP contribution in [0.25, 0.3) is 0 Å². The lowest BCUT2D eigenvalue weighted by Gasteiger charge is -2.00. The largest absolute Gasteiger partial charge is 0.370 e. The topological polar surface area (TPSA) is 69.1 Å². The molecule has 1 amide bonds. The highest BCUT2D eigenvalue weighted by molar-refractivity contribution is 5.85. The van der Waals surface area contributed by atoms with Gasteiger partial charge in [-0.1, -0.05) is 0 Å². The van der Waals surface area contributed by atoms with E-state index in [0.29, 0.717) is 6.42 Å². The zero-order valence-corrected chi connectivity index (χ0v) is 6.99. The van der Waals surface area contributed by atoms with Crippen LogP contribution in [0.15, 0.2) is 0 Å². The Morgan fingerprint density at radius 1 is 1.60 bits per heavy atom. The van der Waals surface area contributed by atoms with Gasteiger partial charge in [0, 0.05) is 12.5 Å². The maximum Gasteiger partial charge on any atom is 0.217 e. The van der Waals surface area contributed by atoms with Crippen molar-refractivity contribution in [1.29, 1.82) is 0 Å². The molecule has 4 heteroatoms. The SMILES string of the molecule is C[C@H](N)CCCC(N)=O.Cl. The number of hydrogen-bond donors (Lipinski definition) is 2. The van der Waals surface area contributed by atoms with E-state index in [1.54, 1.807) is 0 Å². The Morgan fingerprint density at radius 2 is 2.10 bits per heavy atom. The minimum atomic E-state index is -0.240. The van der Waals surface area contributed by atoms with E-state index in [-0.39, 0.29) is 24.4 Å². The molecule has 0 radical (unpaired) electrons. The average Bonchev–Trinajstić information content (AvgIpc) is 1.63. The first kappa shape index (κ1) is 12.4. The van der Waals surface area contributed by atoms with Crippen molar-refractivity contribution in [3.05, 3.63) is 0 Å². The van der Waals surface area contributed by atoms with E-state index in [4.69, 9.17) is 11.5 Å². The number of amides is 1.